The van der Waals surface area contributed by atoms with Crippen LogP contribution in [-0.4, -0.2) is 36.5 Å². The van der Waals surface area contributed by atoms with Crippen molar-refractivity contribution >= 4 is 18.3 Å². The lowest BCUT2D eigenvalue weighted by atomic mass is 10.0. The van der Waals surface area contributed by atoms with Gasteiger partial charge in [0.1, 0.15) is 5.75 Å². The number of carbonyl (C=O) groups is 1. The fourth-order valence-corrected chi connectivity index (χ4v) is 2.59. The summed E-state index contributed by atoms with van der Waals surface area (Å²) in [5, 5.41) is 0. The minimum absolute atomic E-state index is 0. The summed E-state index contributed by atoms with van der Waals surface area (Å²) in [6.45, 7) is 5.74. The summed E-state index contributed by atoms with van der Waals surface area (Å²) in [6, 6.07) is 8.13. The predicted molar refractivity (Wildman–Crippen MR) is 87.1 cm³/mol. The summed E-state index contributed by atoms with van der Waals surface area (Å²) in [5.41, 5.74) is 6.95. The van der Waals surface area contributed by atoms with Crippen LogP contribution < -0.4 is 10.5 Å². The first kappa shape index (κ1) is 17.8. The molecule has 0 saturated carbocycles. The molecule has 2 N–H and O–H groups in total. The molecule has 1 heterocycles. The number of nitrogens with zero attached hydrogens (tertiary/aromatic N) is 1. The minimum atomic E-state index is 0. The molecule has 1 atom stereocenters. The topological polar surface area (TPSA) is 55.6 Å². The first-order chi connectivity index (χ1) is 9.61. The molecule has 0 aromatic heterocycles. The molecule has 1 unspecified atom stereocenters. The maximum atomic E-state index is 12.1. The van der Waals surface area contributed by atoms with Crippen LogP contribution in [0.4, 0.5) is 0 Å². The Labute approximate surface area is 133 Å². The Bertz CT molecular complexity index is 448. The van der Waals surface area contributed by atoms with Gasteiger partial charge in [-0.25, -0.2) is 0 Å². The molecule has 0 spiro atoms. The van der Waals surface area contributed by atoms with E-state index in [9.17, 15) is 4.79 Å². The number of halogens is 1. The summed E-state index contributed by atoms with van der Waals surface area (Å²) in [7, 11) is 0. The molecule has 1 aliphatic rings. The van der Waals surface area contributed by atoms with E-state index >= 15 is 0 Å². The van der Waals surface area contributed by atoms with Gasteiger partial charge in [0.2, 0.25) is 0 Å². The molecule has 4 nitrogen and oxygen atoms in total. The van der Waals surface area contributed by atoms with E-state index in [2.05, 4.69) is 13.8 Å². The Hall–Kier alpha value is -1.26. The number of nitrogens with two attached hydrogens (primary N) is 1. The summed E-state index contributed by atoms with van der Waals surface area (Å²) < 4.78 is 5.58. The van der Waals surface area contributed by atoms with E-state index in [0.29, 0.717) is 12.5 Å². The standard InChI is InChI=1S/C16H24N2O2.ClH/c1-12(2)13-5-7-15(8-6-13)20-11-16(19)18-9-3-4-14(18)10-17;/h5-8,12,14H,3-4,9-11,17H2,1-2H3;1H. The molecule has 1 aliphatic heterocycles. The third-order valence-corrected chi connectivity index (χ3v) is 3.88. The molecule has 0 radical (unpaired) electrons. The molecule has 21 heavy (non-hydrogen) atoms. The number of amides is 1. The van der Waals surface area contributed by atoms with Gasteiger partial charge in [-0.1, -0.05) is 26.0 Å². The van der Waals surface area contributed by atoms with Crippen LogP contribution in [0.3, 0.4) is 0 Å². The molecule has 2 rings (SSSR count). The van der Waals surface area contributed by atoms with Crippen molar-refractivity contribution in [2.24, 2.45) is 5.73 Å². The average Bonchev–Trinajstić information content (AvgIpc) is 2.93. The van der Waals surface area contributed by atoms with Crippen LogP contribution >= 0.6 is 12.4 Å². The Balaban J connectivity index is 0.00000220. The Morgan fingerprint density at radius 2 is 2.05 bits per heavy atom. The molecule has 5 heteroatoms. The maximum Gasteiger partial charge on any atom is 0.260 e. The summed E-state index contributed by atoms with van der Waals surface area (Å²) in [4.78, 5) is 14.0. The van der Waals surface area contributed by atoms with Gasteiger partial charge in [0, 0.05) is 19.1 Å². The Morgan fingerprint density at radius 3 is 2.62 bits per heavy atom. The van der Waals surface area contributed by atoms with Crippen LogP contribution in [0, 0.1) is 0 Å². The number of hydrogen-bond acceptors (Lipinski definition) is 3. The molecular weight excluding hydrogens is 288 g/mol. The van der Waals surface area contributed by atoms with Gasteiger partial charge in [-0.2, -0.15) is 0 Å². The second-order valence-corrected chi connectivity index (χ2v) is 5.63. The quantitative estimate of drug-likeness (QED) is 0.909. The van der Waals surface area contributed by atoms with Gasteiger partial charge in [-0.3, -0.25) is 4.79 Å². The van der Waals surface area contributed by atoms with Gasteiger partial charge < -0.3 is 15.4 Å². The molecule has 1 saturated heterocycles. The van der Waals surface area contributed by atoms with Crippen molar-refractivity contribution in [2.75, 3.05) is 19.7 Å². The van der Waals surface area contributed by atoms with Gasteiger partial charge in [-0.15, -0.1) is 12.4 Å². The molecule has 1 amide bonds. The van der Waals surface area contributed by atoms with Gasteiger partial charge >= 0.3 is 0 Å². The predicted octanol–water partition coefficient (Wildman–Crippen LogP) is 2.56. The van der Waals surface area contributed by atoms with E-state index in [-0.39, 0.29) is 31.0 Å². The highest BCUT2D eigenvalue weighted by Crippen LogP contribution is 2.20. The zero-order chi connectivity index (χ0) is 14.5. The number of carbonyl (C=O) groups excluding carboxylic acids is 1. The number of likely N-dealkylation sites (tertiary alicyclic amines) is 1. The second kappa shape index (κ2) is 8.25. The number of hydrogen-bond donors (Lipinski definition) is 1. The van der Waals surface area contributed by atoms with Crippen molar-refractivity contribution in [1.29, 1.82) is 0 Å². The molecule has 1 fully saturated rings. The van der Waals surface area contributed by atoms with Crippen molar-refractivity contribution in [3.63, 3.8) is 0 Å². The van der Waals surface area contributed by atoms with Crippen LogP contribution in [0.2, 0.25) is 0 Å². The smallest absolute Gasteiger partial charge is 0.260 e. The van der Waals surface area contributed by atoms with E-state index in [4.69, 9.17) is 10.5 Å². The molecule has 0 bridgehead atoms. The first-order valence-corrected chi connectivity index (χ1v) is 7.34. The fourth-order valence-electron chi connectivity index (χ4n) is 2.59. The van der Waals surface area contributed by atoms with Crippen LogP contribution in [0.5, 0.6) is 5.75 Å². The van der Waals surface area contributed by atoms with Crippen molar-refractivity contribution < 1.29 is 9.53 Å². The van der Waals surface area contributed by atoms with E-state index in [1.165, 1.54) is 5.56 Å². The Kier molecular flexibility index (Phi) is 6.99. The van der Waals surface area contributed by atoms with Crippen molar-refractivity contribution in [1.82, 2.24) is 4.90 Å². The monoisotopic (exact) mass is 312 g/mol. The SMILES string of the molecule is CC(C)c1ccc(OCC(=O)N2CCCC2CN)cc1.Cl. The average molecular weight is 313 g/mol. The van der Waals surface area contributed by atoms with Crippen LogP contribution in [0.1, 0.15) is 38.2 Å². The highest BCUT2D eigenvalue weighted by molar-refractivity contribution is 5.85. The fraction of sp³-hybridized carbons (Fsp3) is 0.562. The van der Waals surface area contributed by atoms with E-state index in [1.807, 2.05) is 29.2 Å². The van der Waals surface area contributed by atoms with Crippen molar-refractivity contribution in [3.8, 4) is 5.75 Å². The lowest BCUT2D eigenvalue weighted by Gasteiger charge is -2.23. The van der Waals surface area contributed by atoms with Gasteiger partial charge in [-0.05, 0) is 36.5 Å². The lowest BCUT2D eigenvalue weighted by molar-refractivity contribution is -0.134. The van der Waals surface area contributed by atoms with Crippen LogP contribution in [-0.2, 0) is 4.79 Å². The largest absolute Gasteiger partial charge is 0.484 e. The normalized spacial score (nSPS) is 17.7. The van der Waals surface area contributed by atoms with Gasteiger partial charge in [0.15, 0.2) is 6.61 Å². The highest BCUT2D eigenvalue weighted by Gasteiger charge is 2.27. The molecule has 1 aromatic carbocycles. The van der Waals surface area contributed by atoms with Crippen LogP contribution in [0.15, 0.2) is 24.3 Å². The number of benzene rings is 1. The van der Waals surface area contributed by atoms with E-state index < -0.39 is 0 Å². The van der Waals surface area contributed by atoms with Crippen molar-refractivity contribution in [2.45, 2.75) is 38.6 Å². The third kappa shape index (κ3) is 4.61. The minimum Gasteiger partial charge on any atom is -0.484 e. The van der Waals surface area contributed by atoms with Crippen LogP contribution in [0.25, 0.3) is 0 Å². The van der Waals surface area contributed by atoms with E-state index in [0.717, 1.165) is 25.1 Å². The second-order valence-electron chi connectivity index (χ2n) is 5.63. The lowest BCUT2D eigenvalue weighted by Crippen LogP contribution is -2.42. The molecule has 1 aromatic rings. The molecule has 0 aliphatic carbocycles. The summed E-state index contributed by atoms with van der Waals surface area (Å²) in [5.74, 6) is 1.28. The summed E-state index contributed by atoms with van der Waals surface area (Å²) >= 11 is 0. The van der Waals surface area contributed by atoms with Gasteiger partial charge in [0.05, 0.1) is 0 Å². The first-order valence-electron chi connectivity index (χ1n) is 7.34. The highest BCUT2D eigenvalue weighted by atomic mass is 35.5. The van der Waals surface area contributed by atoms with E-state index in [1.54, 1.807) is 0 Å². The third-order valence-electron chi connectivity index (χ3n) is 3.88. The zero-order valence-corrected chi connectivity index (χ0v) is 13.6. The number of rotatable bonds is 5. The Morgan fingerprint density at radius 1 is 1.38 bits per heavy atom. The van der Waals surface area contributed by atoms with Crippen molar-refractivity contribution in [3.05, 3.63) is 29.8 Å². The number of ether oxygens (including phenoxy) is 1. The van der Waals surface area contributed by atoms with Gasteiger partial charge in [0.25, 0.3) is 5.91 Å². The molecular formula is C16H25ClN2O2. The zero-order valence-electron chi connectivity index (χ0n) is 12.7. The maximum absolute atomic E-state index is 12.1. The summed E-state index contributed by atoms with van der Waals surface area (Å²) in [6.07, 6.45) is 2.04. The molecule has 118 valence electrons.